The minimum Gasteiger partial charge on any atom is -0.457 e. The Kier molecular flexibility index (Phi) is 32.2. The molecule has 0 aromatic heterocycles. The van der Waals surface area contributed by atoms with Gasteiger partial charge >= 0.3 is 5.97 Å². The molecule has 0 saturated heterocycles. The zero-order valence-corrected chi connectivity index (χ0v) is 26.5. The Morgan fingerprint density at radius 3 is 1.68 bits per heavy atom. The zero-order chi connectivity index (χ0) is 29.9. The van der Waals surface area contributed by atoms with E-state index in [0.717, 1.165) is 57.8 Å². The van der Waals surface area contributed by atoms with E-state index in [1.54, 1.807) is 0 Å². The van der Waals surface area contributed by atoms with Crippen LogP contribution in [0.5, 0.6) is 0 Å². The number of hydrogen-bond acceptors (Lipinski definition) is 4. The quantitative estimate of drug-likeness (QED) is 0.0552. The molecule has 0 radical (unpaired) electrons. The lowest BCUT2D eigenvalue weighted by molar-refractivity contribution is -0.154. The van der Waals surface area contributed by atoms with Gasteiger partial charge in [-0.05, 0) is 70.6 Å². The topological polar surface area (TPSA) is 55.8 Å². The largest absolute Gasteiger partial charge is 0.457 e. The molecule has 41 heavy (non-hydrogen) atoms. The first-order valence-corrected chi connectivity index (χ1v) is 16.5. The van der Waals surface area contributed by atoms with Crippen molar-refractivity contribution in [3.63, 3.8) is 0 Å². The van der Waals surface area contributed by atoms with Crippen LogP contribution in [-0.4, -0.2) is 37.0 Å². The average Bonchev–Trinajstić information content (AvgIpc) is 2.98. The van der Waals surface area contributed by atoms with Crippen LogP contribution in [0.25, 0.3) is 0 Å². The van der Waals surface area contributed by atoms with Crippen LogP contribution in [0.2, 0.25) is 0 Å². The Bertz CT molecular complexity index is 729. The minimum atomic E-state index is -0.568. The zero-order valence-electron chi connectivity index (χ0n) is 26.5. The molecule has 0 heterocycles. The third-order valence-electron chi connectivity index (χ3n) is 6.52. The van der Waals surface area contributed by atoms with Crippen molar-refractivity contribution in [3.05, 3.63) is 72.9 Å². The fraction of sp³-hybridized carbons (Fsp3) is 0.649. The van der Waals surface area contributed by atoms with Crippen LogP contribution in [0.15, 0.2) is 72.9 Å². The maximum Gasteiger partial charge on any atom is 0.306 e. The van der Waals surface area contributed by atoms with E-state index in [-0.39, 0.29) is 19.2 Å². The summed E-state index contributed by atoms with van der Waals surface area (Å²) in [6, 6.07) is 0. The van der Waals surface area contributed by atoms with Gasteiger partial charge in [0.15, 0.2) is 0 Å². The Labute approximate surface area is 253 Å². The Morgan fingerprint density at radius 1 is 0.610 bits per heavy atom. The average molecular weight is 571 g/mol. The fourth-order valence-electron chi connectivity index (χ4n) is 4.05. The first-order chi connectivity index (χ1) is 20.2. The van der Waals surface area contributed by atoms with Gasteiger partial charge in [-0.3, -0.25) is 4.79 Å². The summed E-state index contributed by atoms with van der Waals surface area (Å²) >= 11 is 0. The van der Waals surface area contributed by atoms with Crippen LogP contribution in [0.4, 0.5) is 0 Å². The second-order valence-electron chi connectivity index (χ2n) is 10.5. The summed E-state index contributed by atoms with van der Waals surface area (Å²) in [4.78, 5) is 12.1. The lowest BCUT2D eigenvalue weighted by Crippen LogP contribution is -2.27. The highest BCUT2D eigenvalue weighted by Gasteiger charge is 2.13. The lowest BCUT2D eigenvalue weighted by Gasteiger charge is -2.15. The van der Waals surface area contributed by atoms with Gasteiger partial charge in [-0.25, -0.2) is 0 Å². The van der Waals surface area contributed by atoms with Crippen molar-refractivity contribution < 1.29 is 19.4 Å². The van der Waals surface area contributed by atoms with Gasteiger partial charge < -0.3 is 14.6 Å². The number of aliphatic hydroxyl groups is 1. The highest BCUT2D eigenvalue weighted by molar-refractivity contribution is 5.69. The number of carbonyl (C=O) groups is 1. The highest BCUT2D eigenvalue weighted by Crippen LogP contribution is 2.09. The maximum atomic E-state index is 12.1. The summed E-state index contributed by atoms with van der Waals surface area (Å²) in [6.07, 6.45) is 45.1. The third-order valence-corrected chi connectivity index (χ3v) is 6.52. The molecule has 4 heteroatoms. The third kappa shape index (κ3) is 32.2. The summed E-state index contributed by atoms with van der Waals surface area (Å²) in [5.41, 5.74) is 0. The van der Waals surface area contributed by atoms with E-state index < -0.39 is 6.10 Å². The van der Waals surface area contributed by atoms with Crippen molar-refractivity contribution in [2.75, 3.05) is 19.8 Å². The second-order valence-corrected chi connectivity index (χ2v) is 10.5. The molecule has 0 fully saturated rings. The molecule has 0 spiro atoms. The molecular formula is C37H62O4. The van der Waals surface area contributed by atoms with Gasteiger partial charge in [0.1, 0.15) is 6.10 Å². The van der Waals surface area contributed by atoms with Gasteiger partial charge in [-0.2, -0.15) is 0 Å². The number of esters is 1. The van der Waals surface area contributed by atoms with Crippen LogP contribution in [0, 0.1) is 0 Å². The van der Waals surface area contributed by atoms with Crippen molar-refractivity contribution in [1.29, 1.82) is 0 Å². The first-order valence-electron chi connectivity index (χ1n) is 16.5. The molecule has 1 N–H and O–H groups in total. The molecule has 1 atom stereocenters. The van der Waals surface area contributed by atoms with E-state index in [2.05, 4.69) is 86.8 Å². The smallest absolute Gasteiger partial charge is 0.306 e. The van der Waals surface area contributed by atoms with E-state index in [4.69, 9.17) is 9.47 Å². The van der Waals surface area contributed by atoms with Gasteiger partial charge in [0.05, 0.1) is 13.2 Å². The summed E-state index contributed by atoms with van der Waals surface area (Å²) in [5, 5.41) is 9.51. The Balaban J connectivity index is 3.63. The van der Waals surface area contributed by atoms with Gasteiger partial charge in [0.2, 0.25) is 0 Å². The first kappa shape index (κ1) is 38.8. The van der Waals surface area contributed by atoms with Crippen molar-refractivity contribution in [3.8, 4) is 0 Å². The van der Waals surface area contributed by atoms with Gasteiger partial charge in [0, 0.05) is 13.0 Å². The molecule has 0 aliphatic carbocycles. The SMILES string of the molecule is CC/C=C\C/C=C\C/C=C\C/C=C\C/C=C\CCCC(=O)OC(CO)COCCCCCCCC/C=C\CCCC. The van der Waals surface area contributed by atoms with Crippen LogP contribution >= 0.6 is 0 Å². The van der Waals surface area contributed by atoms with Gasteiger partial charge in [-0.15, -0.1) is 0 Å². The van der Waals surface area contributed by atoms with Crippen LogP contribution in [-0.2, 0) is 14.3 Å². The number of unbranched alkanes of at least 4 members (excludes halogenated alkanes) is 9. The summed E-state index contributed by atoms with van der Waals surface area (Å²) < 4.78 is 11.0. The number of allylic oxidation sites excluding steroid dienone is 12. The summed E-state index contributed by atoms with van der Waals surface area (Å²) in [6.45, 7) is 5.10. The van der Waals surface area contributed by atoms with Crippen molar-refractivity contribution in [2.24, 2.45) is 0 Å². The van der Waals surface area contributed by atoms with Crippen LogP contribution in [0.3, 0.4) is 0 Å². The molecule has 0 aromatic carbocycles. The number of hydrogen-bond donors (Lipinski definition) is 1. The molecule has 1 unspecified atom stereocenters. The minimum absolute atomic E-state index is 0.201. The normalized spacial score (nSPS) is 13.3. The lowest BCUT2D eigenvalue weighted by atomic mass is 10.1. The van der Waals surface area contributed by atoms with Gasteiger partial charge in [-0.1, -0.05) is 125 Å². The maximum absolute atomic E-state index is 12.1. The Morgan fingerprint density at radius 2 is 1.10 bits per heavy atom. The molecule has 0 amide bonds. The van der Waals surface area contributed by atoms with E-state index in [1.165, 1.54) is 51.4 Å². The van der Waals surface area contributed by atoms with Crippen molar-refractivity contribution in [2.45, 2.75) is 136 Å². The molecule has 4 nitrogen and oxygen atoms in total. The highest BCUT2D eigenvalue weighted by atomic mass is 16.6. The molecule has 0 aliphatic heterocycles. The van der Waals surface area contributed by atoms with E-state index in [1.807, 2.05) is 0 Å². The molecule has 0 aromatic rings. The fourth-order valence-corrected chi connectivity index (χ4v) is 4.05. The molecule has 0 bridgehead atoms. The van der Waals surface area contributed by atoms with Crippen LogP contribution < -0.4 is 0 Å². The molecule has 0 saturated carbocycles. The predicted molar refractivity (Wildman–Crippen MR) is 177 cm³/mol. The monoisotopic (exact) mass is 570 g/mol. The molecule has 0 rings (SSSR count). The van der Waals surface area contributed by atoms with E-state index >= 15 is 0 Å². The molecule has 234 valence electrons. The van der Waals surface area contributed by atoms with E-state index in [0.29, 0.717) is 13.0 Å². The number of ether oxygens (including phenoxy) is 2. The number of carbonyl (C=O) groups excluding carboxylic acids is 1. The number of rotatable bonds is 29. The standard InChI is InChI=1S/C37H62O4/c1-3-5-7-9-11-13-15-17-18-19-20-21-22-24-26-28-30-32-37(39)41-36(34-38)35-40-33-31-29-27-25-23-16-14-12-10-8-6-4-2/h5,7,10-13,17-18,20-21,24,26,36,38H,3-4,6,8-9,14-16,19,22-23,25,27-35H2,1-2H3/b7-5-,12-10-,13-11-,18-17-,21-20-,26-24-. The summed E-state index contributed by atoms with van der Waals surface area (Å²) in [5.74, 6) is -0.264. The molecular weight excluding hydrogens is 508 g/mol. The second kappa shape index (κ2) is 34.0. The predicted octanol–water partition coefficient (Wildman–Crippen LogP) is 10.3. The van der Waals surface area contributed by atoms with Crippen molar-refractivity contribution >= 4 is 5.97 Å². The van der Waals surface area contributed by atoms with E-state index in [9.17, 15) is 9.90 Å². The summed E-state index contributed by atoms with van der Waals surface area (Å²) in [7, 11) is 0. The Hall–Kier alpha value is -2.17. The van der Waals surface area contributed by atoms with Crippen molar-refractivity contribution in [1.82, 2.24) is 0 Å². The van der Waals surface area contributed by atoms with Crippen LogP contribution in [0.1, 0.15) is 129 Å². The number of aliphatic hydroxyl groups excluding tert-OH is 1. The van der Waals surface area contributed by atoms with Gasteiger partial charge in [0.25, 0.3) is 0 Å². The molecule has 0 aliphatic rings.